The van der Waals surface area contributed by atoms with E-state index in [0.29, 0.717) is 0 Å². The summed E-state index contributed by atoms with van der Waals surface area (Å²) in [4.78, 5) is 12.1. The Morgan fingerprint density at radius 1 is 0.636 bits per heavy atom. The van der Waals surface area contributed by atoms with Crippen molar-refractivity contribution in [3.8, 4) is 0 Å². The van der Waals surface area contributed by atoms with Gasteiger partial charge in [0.1, 0.15) is 11.2 Å². The Hall–Kier alpha value is -1.64. The Bertz CT molecular complexity index is 540. The van der Waals surface area contributed by atoms with Gasteiger partial charge in [-0.2, -0.15) is 0 Å². The molecule has 0 radical (unpaired) electrons. The Kier molecular flexibility index (Phi) is 4.32. The zero-order chi connectivity index (χ0) is 15.5. The minimum absolute atomic E-state index is 0.391. The molecule has 2 aromatic rings. The van der Waals surface area contributed by atoms with E-state index in [9.17, 15) is 0 Å². The number of hydrogen-bond donors (Lipinski definition) is 0. The quantitative estimate of drug-likeness (QED) is 0.696. The molecule has 0 bridgehead atoms. The summed E-state index contributed by atoms with van der Waals surface area (Å²) in [6.45, 7) is 4.25. The summed E-state index contributed by atoms with van der Waals surface area (Å²) in [5.74, 6) is 0. The molecule has 1 aliphatic rings. The van der Waals surface area contributed by atoms with Crippen molar-refractivity contribution >= 4 is 0 Å². The summed E-state index contributed by atoms with van der Waals surface area (Å²) in [6, 6.07) is 20.7. The van der Waals surface area contributed by atoms with Gasteiger partial charge in [0.05, 0.1) is 0 Å². The normalized spacial score (nSPS) is 29.5. The Morgan fingerprint density at radius 2 is 1.00 bits per heavy atom. The van der Waals surface area contributed by atoms with Gasteiger partial charge in [-0.3, -0.25) is 0 Å². The predicted molar refractivity (Wildman–Crippen MR) is 88.2 cm³/mol. The number of hydrogen-bond acceptors (Lipinski definition) is 2. The third kappa shape index (κ3) is 3.08. The lowest BCUT2D eigenvalue weighted by atomic mass is 9.86. The maximum absolute atomic E-state index is 6.03. The predicted octanol–water partition coefficient (Wildman–Crippen LogP) is 5.34. The zero-order valence-corrected chi connectivity index (χ0v) is 13.4. The highest BCUT2D eigenvalue weighted by atomic mass is 17.2. The van der Waals surface area contributed by atoms with E-state index in [-0.39, 0.29) is 0 Å². The second-order valence-corrected chi connectivity index (χ2v) is 6.57. The van der Waals surface area contributed by atoms with E-state index < -0.39 is 11.2 Å². The van der Waals surface area contributed by atoms with Crippen molar-refractivity contribution in [3.05, 3.63) is 71.8 Å². The fourth-order valence-corrected chi connectivity index (χ4v) is 3.16. The minimum Gasteiger partial charge on any atom is -0.225 e. The molecule has 116 valence electrons. The lowest BCUT2D eigenvalue weighted by Gasteiger charge is -2.38. The van der Waals surface area contributed by atoms with Crippen LogP contribution in [-0.2, 0) is 21.0 Å². The SMILES string of the molecule is CC1(c2ccccc2)CCCCC(C)(c2ccccc2)OO1. The molecule has 3 rings (SSSR count). The summed E-state index contributed by atoms with van der Waals surface area (Å²) >= 11 is 0. The molecule has 0 N–H and O–H groups in total. The fraction of sp³-hybridized carbons (Fsp3) is 0.400. The second kappa shape index (κ2) is 6.23. The fourth-order valence-electron chi connectivity index (χ4n) is 3.16. The van der Waals surface area contributed by atoms with Gasteiger partial charge in [-0.05, 0) is 50.7 Å². The molecule has 1 fully saturated rings. The van der Waals surface area contributed by atoms with Crippen LogP contribution in [0.1, 0.15) is 50.7 Å². The van der Waals surface area contributed by atoms with E-state index in [1.54, 1.807) is 0 Å². The molecule has 2 heteroatoms. The molecule has 1 aliphatic heterocycles. The molecule has 0 saturated carbocycles. The molecule has 0 aliphatic carbocycles. The molecule has 2 nitrogen and oxygen atoms in total. The van der Waals surface area contributed by atoms with Crippen molar-refractivity contribution in [1.29, 1.82) is 0 Å². The molecule has 0 amide bonds. The first-order valence-electron chi connectivity index (χ1n) is 8.10. The van der Waals surface area contributed by atoms with Gasteiger partial charge in [0.25, 0.3) is 0 Å². The van der Waals surface area contributed by atoms with Crippen LogP contribution in [0.2, 0.25) is 0 Å². The highest BCUT2D eigenvalue weighted by Gasteiger charge is 2.37. The largest absolute Gasteiger partial charge is 0.225 e. The summed E-state index contributed by atoms with van der Waals surface area (Å²) in [6.07, 6.45) is 4.22. The van der Waals surface area contributed by atoms with Crippen molar-refractivity contribution < 1.29 is 9.78 Å². The topological polar surface area (TPSA) is 18.5 Å². The van der Waals surface area contributed by atoms with Gasteiger partial charge in [-0.25, -0.2) is 9.78 Å². The minimum atomic E-state index is -0.391. The Labute approximate surface area is 133 Å². The van der Waals surface area contributed by atoms with Gasteiger partial charge >= 0.3 is 0 Å². The van der Waals surface area contributed by atoms with Crippen LogP contribution >= 0.6 is 0 Å². The molecule has 2 atom stereocenters. The maximum Gasteiger partial charge on any atom is 0.126 e. The lowest BCUT2D eigenvalue weighted by molar-refractivity contribution is -0.424. The van der Waals surface area contributed by atoms with Crippen LogP contribution < -0.4 is 0 Å². The lowest BCUT2D eigenvalue weighted by Crippen LogP contribution is -2.35. The standard InChI is InChI=1S/C20H24O2/c1-19(17-11-5-3-6-12-17)15-9-10-16-20(2,22-21-19)18-13-7-4-8-14-18/h3-8,11-14H,9-10,15-16H2,1-2H3. The van der Waals surface area contributed by atoms with Gasteiger partial charge in [-0.1, -0.05) is 60.7 Å². The monoisotopic (exact) mass is 296 g/mol. The number of rotatable bonds is 2. The van der Waals surface area contributed by atoms with Gasteiger partial charge in [0, 0.05) is 0 Å². The smallest absolute Gasteiger partial charge is 0.126 e. The first kappa shape index (κ1) is 15.3. The van der Waals surface area contributed by atoms with E-state index in [2.05, 4.69) is 62.4 Å². The van der Waals surface area contributed by atoms with Gasteiger partial charge in [-0.15, -0.1) is 0 Å². The van der Waals surface area contributed by atoms with E-state index in [1.165, 1.54) is 11.1 Å². The third-order valence-electron chi connectivity index (χ3n) is 4.74. The molecule has 2 unspecified atom stereocenters. The zero-order valence-electron chi connectivity index (χ0n) is 13.4. The van der Waals surface area contributed by atoms with E-state index in [0.717, 1.165) is 25.7 Å². The van der Waals surface area contributed by atoms with Gasteiger partial charge in [0.15, 0.2) is 0 Å². The van der Waals surface area contributed by atoms with E-state index >= 15 is 0 Å². The van der Waals surface area contributed by atoms with Crippen LogP contribution in [0, 0.1) is 0 Å². The third-order valence-corrected chi connectivity index (χ3v) is 4.74. The highest BCUT2D eigenvalue weighted by Crippen LogP contribution is 2.40. The summed E-state index contributed by atoms with van der Waals surface area (Å²) < 4.78 is 0. The Balaban J connectivity index is 1.85. The van der Waals surface area contributed by atoms with Crippen molar-refractivity contribution in [2.24, 2.45) is 0 Å². The van der Waals surface area contributed by atoms with Gasteiger partial charge < -0.3 is 0 Å². The molecule has 22 heavy (non-hydrogen) atoms. The number of benzene rings is 2. The highest BCUT2D eigenvalue weighted by molar-refractivity contribution is 5.23. The second-order valence-electron chi connectivity index (χ2n) is 6.57. The summed E-state index contributed by atoms with van der Waals surface area (Å²) in [5.41, 5.74) is 1.56. The molecule has 2 aromatic carbocycles. The van der Waals surface area contributed by atoms with Crippen LogP contribution in [0.25, 0.3) is 0 Å². The van der Waals surface area contributed by atoms with Crippen LogP contribution in [0.15, 0.2) is 60.7 Å². The van der Waals surface area contributed by atoms with Crippen molar-refractivity contribution in [2.45, 2.75) is 50.7 Å². The molecular weight excluding hydrogens is 272 g/mol. The van der Waals surface area contributed by atoms with Gasteiger partial charge in [0.2, 0.25) is 0 Å². The van der Waals surface area contributed by atoms with Crippen LogP contribution in [0.5, 0.6) is 0 Å². The first-order chi connectivity index (χ1) is 10.6. The van der Waals surface area contributed by atoms with Crippen molar-refractivity contribution in [1.82, 2.24) is 0 Å². The average Bonchev–Trinajstić information content (AvgIpc) is 2.57. The van der Waals surface area contributed by atoms with E-state index in [1.807, 2.05) is 12.1 Å². The van der Waals surface area contributed by atoms with Crippen molar-refractivity contribution in [3.63, 3.8) is 0 Å². The average molecular weight is 296 g/mol. The molecule has 1 saturated heterocycles. The molecule has 0 spiro atoms. The van der Waals surface area contributed by atoms with Crippen LogP contribution in [0.3, 0.4) is 0 Å². The van der Waals surface area contributed by atoms with Crippen LogP contribution in [0.4, 0.5) is 0 Å². The molecule has 1 heterocycles. The van der Waals surface area contributed by atoms with Crippen LogP contribution in [-0.4, -0.2) is 0 Å². The first-order valence-corrected chi connectivity index (χ1v) is 8.10. The summed E-state index contributed by atoms with van der Waals surface area (Å²) in [7, 11) is 0. The van der Waals surface area contributed by atoms with E-state index in [4.69, 9.17) is 9.78 Å². The van der Waals surface area contributed by atoms with Crippen molar-refractivity contribution in [2.75, 3.05) is 0 Å². The molecular formula is C20H24O2. The maximum atomic E-state index is 6.03. The molecule has 0 aromatic heterocycles. The Morgan fingerprint density at radius 3 is 1.36 bits per heavy atom. The summed E-state index contributed by atoms with van der Waals surface area (Å²) in [5, 5.41) is 0.